The number of anilines is 1. The molecule has 0 fully saturated rings. The Kier molecular flexibility index (Phi) is 3.85. The predicted octanol–water partition coefficient (Wildman–Crippen LogP) is 3.29. The Morgan fingerprint density at radius 3 is 2.68 bits per heavy atom. The summed E-state index contributed by atoms with van der Waals surface area (Å²) in [7, 11) is 3.13. The quantitative estimate of drug-likeness (QED) is 0.938. The van der Waals surface area contributed by atoms with Gasteiger partial charge in [-0.05, 0) is 19.1 Å². The van der Waals surface area contributed by atoms with Gasteiger partial charge >= 0.3 is 0 Å². The summed E-state index contributed by atoms with van der Waals surface area (Å²) in [6.07, 6.45) is 0. The van der Waals surface area contributed by atoms with Crippen molar-refractivity contribution in [2.75, 3.05) is 19.5 Å². The van der Waals surface area contributed by atoms with Crippen LogP contribution in [0.15, 0.2) is 18.2 Å². The third-order valence-corrected chi connectivity index (χ3v) is 2.99. The van der Waals surface area contributed by atoms with Gasteiger partial charge in [0.15, 0.2) is 17.5 Å². The fraction of sp³-hybridized carbons (Fsp3) is 0.231. The first kappa shape index (κ1) is 13.5. The topological polar surface area (TPSA) is 47.0 Å². The van der Waals surface area contributed by atoms with Crippen molar-refractivity contribution in [3.05, 3.63) is 34.7 Å². The molecule has 0 aliphatic rings. The van der Waals surface area contributed by atoms with Crippen LogP contribution in [-0.2, 0) is 0 Å². The van der Waals surface area contributed by atoms with Crippen molar-refractivity contribution in [1.29, 1.82) is 0 Å². The van der Waals surface area contributed by atoms with Gasteiger partial charge in [0.1, 0.15) is 5.75 Å². The molecule has 2 rings (SSSR count). The van der Waals surface area contributed by atoms with Crippen LogP contribution in [0.25, 0.3) is 11.4 Å². The normalized spacial score (nSPS) is 10.4. The Bertz CT molecular complexity index is 619. The Morgan fingerprint density at radius 1 is 1.32 bits per heavy atom. The van der Waals surface area contributed by atoms with E-state index in [1.54, 1.807) is 32.2 Å². The molecule has 2 aromatic rings. The summed E-state index contributed by atoms with van der Waals surface area (Å²) in [5.74, 6) is 0.521. The van der Waals surface area contributed by atoms with Crippen LogP contribution in [-0.4, -0.2) is 24.1 Å². The number of hydrogen-bond acceptors (Lipinski definition) is 4. The van der Waals surface area contributed by atoms with Crippen LogP contribution in [0, 0.1) is 12.7 Å². The molecular formula is C13H13ClFN3O. The van der Waals surface area contributed by atoms with E-state index in [1.807, 2.05) is 0 Å². The molecule has 0 spiro atoms. The molecule has 0 radical (unpaired) electrons. The zero-order valence-electron chi connectivity index (χ0n) is 10.8. The van der Waals surface area contributed by atoms with E-state index in [4.69, 9.17) is 16.3 Å². The first-order valence-electron chi connectivity index (χ1n) is 5.63. The lowest BCUT2D eigenvalue weighted by Crippen LogP contribution is -2.04. The van der Waals surface area contributed by atoms with E-state index in [0.29, 0.717) is 22.2 Å². The molecule has 1 heterocycles. The van der Waals surface area contributed by atoms with E-state index >= 15 is 0 Å². The predicted molar refractivity (Wildman–Crippen MR) is 73.3 cm³/mol. The second-order valence-corrected chi connectivity index (χ2v) is 4.27. The van der Waals surface area contributed by atoms with Gasteiger partial charge in [0, 0.05) is 7.05 Å². The van der Waals surface area contributed by atoms with Gasteiger partial charge in [0.25, 0.3) is 0 Å². The van der Waals surface area contributed by atoms with Crippen LogP contribution in [0.3, 0.4) is 0 Å². The largest absolute Gasteiger partial charge is 0.496 e. The van der Waals surface area contributed by atoms with E-state index in [0.717, 1.165) is 0 Å². The number of rotatable bonds is 3. The van der Waals surface area contributed by atoms with E-state index in [9.17, 15) is 4.39 Å². The van der Waals surface area contributed by atoms with E-state index in [-0.39, 0.29) is 11.5 Å². The highest BCUT2D eigenvalue weighted by Crippen LogP contribution is 2.35. The summed E-state index contributed by atoms with van der Waals surface area (Å²) < 4.78 is 19.0. The van der Waals surface area contributed by atoms with Crippen LogP contribution in [0.2, 0.25) is 5.02 Å². The summed E-state index contributed by atoms with van der Waals surface area (Å²) in [4.78, 5) is 8.26. The molecule has 0 bridgehead atoms. The summed E-state index contributed by atoms with van der Waals surface area (Å²) in [5.41, 5.74) is 0.794. The monoisotopic (exact) mass is 281 g/mol. The van der Waals surface area contributed by atoms with E-state index < -0.39 is 5.82 Å². The SMILES string of the molecule is CNc1nc(-c2c(Cl)cccc2OC)nc(C)c1F. The molecule has 0 unspecified atom stereocenters. The first-order chi connectivity index (χ1) is 9.08. The lowest BCUT2D eigenvalue weighted by molar-refractivity contribution is 0.416. The molecular weight excluding hydrogens is 269 g/mol. The maximum atomic E-state index is 13.7. The van der Waals surface area contributed by atoms with Crippen molar-refractivity contribution in [1.82, 2.24) is 9.97 Å². The summed E-state index contributed by atoms with van der Waals surface area (Å²) >= 11 is 6.16. The summed E-state index contributed by atoms with van der Waals surface area (Å²) in [5, 5.41) is 3.14. The number of halogens is 2. The number of hydrogen-bond donors (Lipinski definition) is 1. The lowest BCUT2D eigenvalue weighted by atomic mass is 10.1. The molecule has 1 N–H and O–H groups in total. The van der Waals surface area contributed by atoms with E-state index in [2.05, 4.69) is 15.3 Å². The average molecular weight is 282 g/mol. The third-order valence-electron chi connectivity index (χ3n) is 2.67. The van der Waals surface area contributed by atoms with Gasteiger partial charge in [-0.3, -0.25) is 0 Å². The Hall–Kier alpha value is -1.88. The average Bonchev–Trinajstić information content (AvgIpc) is 2.41. The molecule has 19 heavy (non-hydrogen) atoms. The van der Waals surface area contributed by atoms with Crippen molar-refractivity contribution in [2.45, 2.75) is 6.92 Å². The molecule has 100 valence electrons. The summed E-state index contributed by atoms with van der Waals surface area (Å²) in [6, 6.07) is 5.23. The van der Waals surface area contributed by atoms with Gasteiger partial charge in [0.05, 0.1) is 23.4 Å². The maximum Gasteiger partial charge on any atom is 0.186 e. The van der Waals surface area contributed by atoms with Crippen LogP contribution in [0.5, 0.6) is 5.75 Å². The number of aromatic nitrogens is 2. The van der Waals surface area contributed by atoms with Crippen molar-refractivity contribution in [3.8, 4) is 17.1 Å². The first-order valence-corrected chi connectivity index (χ1v) is 6.01. The molecule has 1 aromatic carbocycles. The maximum absolute atomic E-state index is 13.7. The highest BCUT2D eigenvalue weighted by molar-refractivity contribution is 6.33. The fourth-order valence-corrected chi connectivity index (χ4v) is 1.98. The molecule has 4 nitrogen and oxygen atoms in total. The Morgan fingerprint density at radius 2 is 2.05 bits per heavy atom. The van der Waals surface area contributed by atoms with Gasteiger partial charge in [-0.15, -0.1) is 0 Å². The van der Waals surface area contributed by atoms with Crippen molar-refractivity contribution in [3.63, 3.8) is 0 Å². The van der Waals surface area contributed by atoms with Crippen molar-refractivity contribution >= 4 is 17.4 Å². The minimum Gasteiger partial charge on any atom is -0.496 e. The molecule has 0 aliphatic heterocycles. The van der Waals surface area contributed by atoms with Crippen molar-refractivity contribution < 1.29 is 9.13 Å². The Labute approximate surface area is 115 Å². The van der Waals surface area contributed by atoms with Gasteiger partial charge in [-0.1, -0.05) is 17.7 Å². The van der Waals surface area contributed by atoms with Crippen LogP contribution in [0.4, 0.5) is 10.2 Å². The molecule has 0 saturated heterocycles. The molecule has 6 heteroatoms. The second kappa shape index (κ2) is 5.40. The molecule has 0 saturated carbocycles. The molecule has 0 atom stereocenters. The number of aryl methyl sites for hydroxylation is 1. The second-order valence-electron chi connectivity index (χ2n) is 3.86. The number of benzene rings is 1. The standard InChI is InChI=1S/C13H13ClFN3O/c1-7-11(15)13(16-2)18-12(17-7)10-8(14)5-4-6-9(10)19-3/h4-6H,1-3H3,(H,16,17,18). The number of methoxy groups -OCH3 is 1. The summed E-state index contributed by atoms with van der Waals surface area (Å²) in [6.45, 7) is 1.57. The van der Waals surface area contributed by atoms with Crippen LogP contribution < -0.4 is 10.1 Å². The zero-order chi connectivity index (χ0) is 14.0. The molecule has 0 aliphatic carbocycles. The number of ether oxygens (including phenoxy) is 1. The lowest BCUT2D eigenvalue weighted by Gasteiger charge is -2.11. The van der Waals surface area contributed by atoms with Crippen molar-refractivity contribution in [2.24, 2.45) is 0 Å². The number of nitrogens with zero attached hydrogens (tertiary/aromatic N) is 2. The van der Waals surface area contributed by atoms with E-state index in [1.165, 1.54) is 7.11 Å². The fourth-order valence-electron chi connectivity index (χ4n) is 1.73. The number of nitrogens with one attached hydrogen (secondary N) is 1. The Balaban J connectivity index is 2.69. The van der Waals surface area contributed by atoms with Gasteiger partial charge in [-0.25, -0.2) is 14.4 Å². The van der Waals surface area contributed by atoms with Crippen LogP contribution in [0.1, 0.15) is 5.69 Å². The zero-order valence-corrected chi connectivity index (χ0v) is 11.5. The van der Waals surface area contributed by atoms with Gasteiger partial charge in [0.2, 0.25) is 0 Å². The minimum absolute atomic E-state index is 0.129. The molecule has 1 aromatic heterocycles. The van der Waals surface area contributed by atoms with Gasteiger partial charge < -0.3 is 10.1 Å². The van der Waals surface area contributed by atoms with Crippen LogP contribution >= 0.6 is 11.6 Å². The third kappa shape index (κ3) is 2.46. The highest BCUT2D eigenvalue weighted by atomic mass is 35.5. The minimum atomic E-state index is -0.475. The molecule has 0 amide bonds. The smallest absolute Gasteiger partial charge is 0.186 e. The van der Waals surface area contributed by atoms with Gasteiger partial charge in [-0.2, -0.15) is 0 Å². The highest BCUT2D eigenvalue weighted by Gasteiger charge is 2.17.